The number of furan rings is 1. The van der Waals surface area contributed by atoms with Crippen LogP contribution in [0.5, 0.6) is 0 Å². The first-order valence-electron chi connectivity index (χ1n) is 8.93. The zero-order chi connectivity index (χ0) is 18.1. The van der Waals surface area contributed by atoms with Crippen LogP contribution in [0.4, 0.5) is 5.82 Å². The summed E-state index contributed by atoms with van der Waals surface area (Å²) in [5, 5.41) is 4.23. The number of fused-ring (bicyclic) bond motifs is 1. The lowest BCUT2D eigenvalue weighted by Crippen LogP contribution is -2.38. The van der Waals surface area contributed by atoms with Gasteiger partial charge in [-0.15, -0.1) is 11.3 Å². The van der Waals surface area contributed by atoms with Crippen molar-refractivity contribution in [3.8, 4) is 0 Å². The monoisotopic (exact) mass is 370 g/mol. The van der Waals surface area contributed by atoms with Gasteiger partial charge in [0.15, 0.2) is 0 Å². The van der Waals surface area contributed by atoms with Crippen molar-refractivity contribution in [2.45, 2.75) is 33.2 Å². The Morgan fingerprint density at radius 2 is 2.35 bits per heavy atom. The average molecular weight is 370 g/mol. The van der Waals surface area contributed by atoms with Crippen molar-refractivity contribution in [3.63, 3.8) is 0 Å². The van der Waals surface area contributed by atoms with Gasteiger partial charge in [0, 0.05) is 13.1 Å². The standard InChI is InChI=1S/C19H22N4O2S/c1-12-5-3-7-23(10-12)19(24)16-13(2)15-17(21-11-22-18(15)26-16)20-9-14-6-4-8-25-14/h4,6,8,11-12H,3,5,7,9-10H2,1-2H3,(H,20,21,22)/t12-/m1/s1. The summed E-state index contributed by atoms with van der Waals surface area (Å²) in [6.45, 7) is 6.41. The van der Waals surface area contributed by atoms with E-state index in [1.54, 1.807) is 12.6 Å². The smallest absolute Gasteiger partial charge is 0.264 e. The molecule has 1 aliphatic heterocycles. The molecule has 1 fully saturated rings. The van der Waals surface area contributed by atoms with E-state index < -0.39 is 0 Å². The molecule has 4 rings (SSSR count). The molecule has 1 aliphatic rings. The first-order valence-corrected chi connectivity index (χ1v) is 9.74. The van der Waals surface area contributed by atoms with Crippen molar-refractivity contribution >= 4 is 33.3 Å². The number of carbonyl (C=O) groups is 1. The van der Waals surface area contributed by atoms with Crippen LogP contribution in [0.1, 0.15) is 40.8 Å². The van der Waals surface area contributed by atoms with Crippen LogP contribution in [0.2, 0.25) is 0 Å². The number of amides is 1. The topological polar surface area (TPSA) is 71.3 Å². The highest BCUT2D eigenvalue weighted by Crippen LogP contribution is 2.34. The summed E-state index contributed by atoms with van der Waals surface area (Å²) in [6.07, 6.45) is 5.47. The molecule has 3 aromatic heterocycles. The van der Waals surface area contributed by atoms with Gasteiger partial charge in [0.05, 0.1) is 23.1 Å². The second kappa shape index (κ2) is 7.07. The zero-order valence-electron chi connectivity index (χ0n) is 15.0. The first-order chi connectivity index (χ1) is 12.6. The van der Waals surface area contributed by atoms with Crippen LogP contribution in [-0.2, 0) is 6.54 Å². The van der Waals surface area contributed by atoms with Gasteiger partial charge in [-0.2, -0.15) is 0 Å². The van der Waals surface area contributed by atoms with E-state index in [9.17, 15) is 4.79 Å². The Morgan fingerprint density at radius 1 is 1.46 bits per heavy atom. The molecule has 0 aliphatic carbocycles. The highest BCUT2D eigenvalue weighted by atomic mass is 32.1. The molecule has 0 spiro atoms. The minimum absolute atomic E-state index is 0.119. The third-order valence-electron chi connectivity index (χ3n) is 4.88. The molecule has 136 valence electrons. The lowest BCUT2D eigenvalue weighted by Gasteiger charge is -2.30. The number of hydrogen-bond acceptors (Lipinski definition) is 6. The second-order valence-corrected chi connectivity index (χ2v) is 7.89. The molecule has 4 heterocycles. The van der Waals surface area contributed by atoms with Crippen LogP contribution in [0.15, 0.2) is 29.1 Å². The molecular weight excluding hydrogens is 348 g/mol. The molecule has 1 saturated heterocycles. The normalized spacial score (nSPS) is 17.6. The highest BCUT2D eigenvalue weighted by molar-refractivity contribution is 7.20. The Labute approximate surface area is 156 Å². The quantitative estimate of drug-likeness (QED) is 0.749. The zero-order valence-corrected chi connectivity index (χ0v) is 15.8. The Hall–Kier alpha value is -2.41. The molecule has 1 N–H and O–H groups in total. The van der Waals surface area contributed by atoms with Crippen LogP contribution >= 0.6 is 11.3 Å². The first kappa shape index (κ1) is 17.0. The molecular formula is C19H22N4O2S. The molecule has 7 heteroatoms. The van der Waals surface area contributed by atoms with Crippen molar-refractivity contribution in [1.29, 1.82) is 0 Å². The predicted octanol–water partition coefficient (Wildman–Crippen LogP) is 4.08. The summed E-state index contributed by atoms with van der Waals surface area (Å²) < 4.78 is 5.37. The van der Waals surface area contributed by atoms with E-state index in [1.807, 2.05) is 24.0 Å². The van der Waals surface area contributed by atoms with Gasteiger partial charge in [-0.25, -0.2) is 9.97 Å². The molecule has 0 bridgehead atoms. The maximum atomic E-state index is 13.0. The lowest BCUT2D eigenvalue weighted by atomic mass is 10.00. The summed E-state index contributed by atoms with van der Waals surface area (Å²) in [5.74, 6) is 2.26. The van der Waals surface area contributed by atoms with E-state index in [2.05, 4.69) is 22.2 Å². The number of hydrogen-bond donors (Lipinski definition) is 1. The van der Waals surface area contributed by atoms with Gasteiger partial charge in [-0.1, -0.05) is 6.92 Å². The number of nitrogens with one attached hydrogen (secondary N) is 1. The van der Waals surface area contributed by atoms with Crippen LogP contribution < -0.4 is 5.32 Å². The number of piperidine rings is 1. The van der Waals surface area contributed by atoms with E-state index in [0.29, 0.717) is 12.5 Å². The van der Waals surface area contributed by atoms with Gasteiger partial charge in [0.1, 0.15) is 22.7 Å². The lowest BCUT2D eigenvalue weighted by molar-refractivity contribution is 0.0687. The van der Waals surface area contributed by atoms with E-state index in [-0.39, 0.29) is 5.91 Å². The maximum Gasteiger partial charge on any atom is 0.264 e. The summed E-state index contributed by atoms with van der Waals surface area (Å²) >= 11 is 1.46. The Kier molecular flexibility index (Phi) is 4.63. The van der Waals surface area contributed by atoms with Crippen LogP contribution in [-0.4, -0.2) is 33.9 Å². The molecule has 26 heavy (non-hydrogen) atoms. The minimum Gasteiger partial charge on any atom is -0.467 e. The summed E-state index contributed by atoms with van der Waals surface area (Å²) in [4.78, 5) is 25.4. The van der Waals surface area contributed by atoms with Crippen molar-refractivity contribution in [3.05, 3.63) is 40.9 Å². The Morgan fingerprint density at radius 3 is 3.12 bits per heavy atom. The second-order valence-electron chi connectivity index (χ2n) is 6.89. The summed E-state index contributed by atoms with van der Waals surface area (Å²) in [6, 6.07) is 3.77. The van der Waals surface area contributed by atoms with E-state index >= 15 is 0 Å². The fourth-order valence-corrected chi connectivity index (χ4v) is 4.63. The van der Waals surface area contributed by atoms with Crippen molar-refractivity contribution in [2.24, 2.45) is 5.92 Å². The van der Waals surface area contributed by atoms with E-state index in [1.165, 1.54) is 17.8 Å². The number of aromatic nitrogens is 2. The van der Waals surface area contributed by atoms with E-state index in [4.69, 9.17) is 4.42 Å². The number of thiophene rings is 1. The van der Waals surface area contributed by atoms with Crippen molar-refractivity contribution in [2.75, 3.05) is 18.4 Å². The number of rotatable bonds is 4. The number of aryl methyl sites for hydroxylation is 1. The summed E-state index contributed by atoms with van der Waals surface area (Å²) in [5.41, 5.74) is 0.954. The maximum absolute atomic E-state index is 13.0. The summed E-state index contributed by atoms with van der Waals surface area (Å²) in [7, 11) is 0. The molecule has 0 unspecified atom stereocenters. The molecule has 1 atom stereocenters. The van der Waals surface area contributed by atoms with Gasteiger partial charge in [-0.05, 0) is 43.4 Å². The Bertz CT molecular complexity index is 919. The Balaban J connectivity index is 1.63. The van der Waals surface area contributed by atoms with Crippen LogP contribution in [0, 0.1) is 12.8 Å². The third-order valence-corrected chi connectivity index (χ3v) is 6.06. The highest BCUT2D eigenvalue weighted by Gasteiger charge is 2.26. The SMILES string of the molecule is Cc1c(C(=O)N2CCC[C@@H](C)C2)sc2ncnc(NCc3ccco3)c12. The van der Waals surface area contributed by atoms with E-state index in [0.717, 1.165) is 51.7 Å². The molecule has 3 aromatic rings. The number of likely N-dealkylation sites (tertiary alicyclic amines) is 1. The number of nitrogens with zero attached hydrogens (tertiary/aromatic N) is 3. The number of carbonyl (C=O) groups excluding carboxylic acids is 1. The minimum atomic E-state index is 0.119. The largest absolute Gasteiger partial charge is 0.467 e. The third kappa shape index (κ3) is 3.19. The van der Waals surface area contributed by atoms with Gasteiger partial charge in [0.2, 0.25) is 0 Å². The number of anilines is 1. The molecule has 0 saturated carbocycles. The van der Waals surface area contributed by atoms with Crippen LogP contribution in [0.3, 0.4) is 0 Å². The van der Waals surface area contributed by atoms with Crippen LogP contribution in [0.25, 0.3) is 10.2 Å². The van der Waals surface area contributed by atoms with Crippen molar-refractivity contribution < 1.29 is 9.21 Å². The van der Waals surface area contributed by atoms with Crippen molar-refractivity contribution in [1.82, 2.24) is 14.9 Å². The van der Waals surface area contributed by atoms with Gasteiger partial charge >= 0.3 is 0 Å². The van der Waals surface area contributed by atoms with Gasteiger partial charge in [-0.3, -0.25) is 4.79 Å². The molecule has 6 nitrogen and oxygen atoms in total. The predicted molar refractivity (Wildman–Crippen MR) is 102 cm³/mol. The van der Waals surface area contributed by atoms with Gasteiger partial charge < -0.3 is 14.6 Å². The average Bonchev–Trinajstić information content (AvgIpc) is 3.28. The fraction of sp³-hybridized carbons (Fsp3) is 0.421. The molecule has 1 amide bonds. The fourth-order valence-electron chi connectivity index (χ4n) is 3.51. The van der Waals surface area contributed by atoms with Gasteiger partial charge in [0.25, 0.3) is 5.91 Å². The molecule has 0 aromatic carbocycles. The molecule has 0 radical (unpaired) electrons.